The molecule has 0 fully saturated rings. The molecular weight excluding hydrogens is 211 g/mol. The summed E-state index contributed by atoms with van der Waals surface area (Å²) in [5.74, 6) is 1.00. The van der Waals surface area contributed by atoms with E-state index in [2.05, 4.69) is 0 Å². The van der Waals surface area contributed by atoms with Crippen molar-refractivity contribution in [1.29, 1.82) is 0 Å². The molecule has 1 aromatic carbocycles. The van der Waals surface area contributed by atoms with Crippen molar-refractivity contribution in [3.63, 3.8) is 0 Å². The Bertz CT molecular complexity index is 343. The standard InChI is InChI=1S/C9H8ClFOS/c10-7-2-6-5(1-8(7)11)3-13-4-9(6)12/h1-2,9,12H,3-4H2/t9-/m1/s1. The van der Waals surface area contributed by atoms with Crippen LogP contribution in [0.3, 0.4) is 0 Å². The Morgan fingerprint density at radius 3 is 3.08 bits per heavy atom. The Labute approximate surface area is 84.9 Å². The number of fused-ring (bicyclic) bond motifs is 1. The van der Waals surface area contributed by atoms with Gasteiger partial charge in [0.15, 0.2) is 0 Å². The van der Waals surface area contributed by atoms with Gasteiger partial charge in [-0.15, -0.1) is 0 Å². The summed E-state index contributed by atoms with van der Waals surface area (Å²) in [6, 6.07) is 2.93. The summed E-state index contributed by atoms with van der Waals surface area (Å²) in [4.78, 5) is 0. The van der Waals surface area contributed by atoms with Crippen molar-refractivity contribution < 1.29 is 9.50 Å². The molecule has 1 atom stereocenters. The van der Waals surface area contributed by atoms with Gasteiger partial charge in [0, 0.05) is 11.5 Å². The van der Waals surface area contributed by atoms with Crippen molar-refractivity contribution in [2.24, 2.45) is 0 Å². The second kappa shape index (κ2) is 3.48. The summed E-state index contributed by atoms with van der Waals surface area (Å²) in [6.45, 7) is 0. The first kappa shape index (κ1) is 9.31. The summed E-state index contributed by atoms with van der Waals surface area (Å²) in [5.41, 5.74) is 1.62. The zero-order valence-electron chi connectivity index (χ0n) is 6.76. The lowest BCUT2D eigenvalue weighted by molar-refractivity contribution is 0.201. The summed E-state index contributed by atoms with van der Waals surface area (Å²) >= 11 is 7.22. The van der Waals surface area contributed by atoms with Crippen LogP contribution in [-0.4, -0.2) is 10.9 Å². The van der Waals surface area contributed by atoms with E-state index < -0.39 is 11.9 Å². The number of hydrogen-bond donors (Lipinski definition) is 1. The van der Waals surface area contributed by atoms with Crippen molar-refractivity contribution in [3.05, 3.63) is 34.1 Å². The summed E-state index contributed by atoms with van der Waals surface area (Å²) < 4.78 is 13.0. The van der Waals surface area contributed by atoms with Gasteiger partial charge in [0.1, 0.15) is 5.82 Å². The Hall–Kier alpha value is -0.250. The third-order valence-corrected chi connectivity index (χ3v) is 3.43. The van der Waals surface area contributed by atoms with Gasteiger partial charge in [-0.05, 0) is 23.3 Å². The van der Waals surface area contributed by atoms with Gasteiger partial charge in [-0.25, -0.2) is 4.39 Å². The van der Waals surface area contributed by atoms with Crippen LogP contribution in [0.15, 0.2) is 12.1 Å². The van der Waals surface area contributed by atoms with Crippen molar-refractivity contribution >= 4 is 23.4 Å². The van der Waals surface area contributed by atoms with Gasteiger partial charge in [-0.3, -0.25) is 0 Å². The molecule has 0 spiro atoms. The van der Waals surface area contributed by atoms with Crippen molar-refractivity contribution in [2.75, 3.05) is 5.75 Å². The van der Waals surface area contributed by atoms with E-state index in [-0.39, 0.29) is 5.02 Å². The fourth-order valence-corrected chi connectivity index (χ4v) is 2.57. The van der Waals surface area contributed by atoms with Gasteiger partial charge in [-0.1, -0.05) is 11.6 Å². The van der Waals surface area contributed by atoms with E-state index in [1.54, 1.807) is 11.8 Å². The molecule has 0 bridgehead atoms. The second-order valence-electron chi connectivity index (χ2n) is 3.00. The molecule has 0 amide bonds. The van der Waals surface area contributed by atoms with E-state index in [1.807, 2.05) is 0 Å². The minimum absolute atomic E-state index is 0.0877. The molecule has 0 radical (unpaired) electrons. The maximum atomic E-state index is 13.0. The molecule has 1 heterocycles. The lowest BCUT2D eigenvalue weighted by Crippen LogP contribution is -2.10. The molecule has 13 heavy (non-hydrogen) atoms. The van der Waals surface area contributed by atoms with Crippen LogP contribution in [0.5, 0.6) is 0 Å². The van der Waals surface area contributed by atoms with Crippen molar-refractivity contribution in [3.8, 4) is 0 Å². The highest BCUT2D eigenvalue weighted by atomic mass is 35.5. The lowest BCUT2D eigenvalue weighted by atomic mass is 10.0. The average molecular weight is 219 g/mol. The fraction of sp³-hybridized carbons (Fsp3) is 0.333. The average Bonchev–Trinajstić information content (AvgIpc) is 2.09. The minimum Gasteiger partial charge on any atom is -0.388 e. The smallest absolute Gasteiger partial charge is 0.142 e. The monoisotopic (exact) mass is 218 g/mol. The van der Waals surface area contributed by atoms with Crippen LogP contribution in [0, 0.1) is 5.82 Å². The quantitative estimate of drug-likeness (QED) is 0.723. The fourth-order valence-electron chi connectivity index (χ4n) is 1.41. The van der Waals surface area contributed by atoms with Gasteiger partial charge >= 0.3 is 0 Å². The number of aliphatic hydroxyl groups is 1. The molecule has 1 aromatic rings. The topological polar surface area (TPSA) is 20.2 Å². The van der Waals surface area contributed by atoms with Crippen LogP contribution >= 0.6 is 23.4 Å². The third kappa shape index (κ3) is 1.68. The first-order valence-electron chi connectivity index (χ1n) is 3.92. The van der Waals surface area contributed by atoms with Crippen LogP contribution in [0.1, 0.15) is 17.2 Å². The second-order valence-corrected chi connectivity index (χ2v) is 4.43. The normalized spacial score (nSPS) is 21.3. The molecule has 1 N–H and O–H groups in total. The van der Waals surface area contributed by atoms with E-state index in [0.717, 1.165) is 16.9 Å². The van der Waals surface area contributed by atoms with Crippen LogP contribution in [-0.2, 0) is 5.75 Å². The van der Waals surface area contributed by atoms with Crippen LogP contribution in [0.25, 0.3) is 0 Å². The van der Waals surface area contributed by atoms with Crippen LogP contribution < -0.4 is 0 Å². The molecule has 0 unspecified atom stereocenters. The van der Waals surface area contributed by atoms with Gasteiger partial charge < -0.3 is 5.11 Å². The maximum Gasteiger partial charge on any atom is 0.142 e. The van der Waals surface area contributed by atoms with Crippen LogP contribution in [0.2, 0.25) is 5.02 Å². The highest BCUT2D eigenvalue weighted by Crippen LogP contribution is 2.34. The molecule has 2 rings (SSSR count). The summed E-state index contributed by atoms with van der Waals surface area (Å²) in [6.07, 6.45) is -0.508. The first-order chi connectivity index (χ1) is 6.18. The molecule has 1 nitrogen and oxygen atoms in total. The number of aliphatic hydroxyl groups excluding tert-OH is 1. The molecule has 0 saturated heterocycles. The number of benzene rings is 1. The van der Waals surface area contributed by atoms with Crippen molar-refractivity contribution in [2.45, 2.75) is 11.9 Å². The Morgan fingerprint density at radius 2 is 2.31 bits per heavy atom. The maximum absolute atomic E-state index is 13.0. The van der Waals surface area contributed by atoms with E-state index in [4.69, 9.17) is 11.6 Å². The molecule has 0 aromatic heterocycles. The summed E-state index contributed by atoms with van der Waals surface area (Å²) in [5, 5.41) is 9.66. The van der Waals surface area contributed by atoms with Gasteiger partial charge in [0.05, 0.1) is 11.1 Å². The predicted octanol–water partition coefficient (Wildman–Crippen LogP) is 2.76. The highest BCUT2D eigenvalue weighted by Gasteiger charge is 2.19. The van der Waals surface area contributed by atoms with Crippen molar-refractivity contribution in [1.82, 2.24) is 0 Å². The Balaban J connectivity index is 2.52. The number of hydrogen-bond acceptors (Lipinski definition) is 2. The molecule has 4 heteroatoms. The van der Waals surface area contributed by atoms with E-state index in [1.165, 1.54) is 12.1 Å². The molecule has 0 aliphatic carbocycles. The van der Waals surface area contributed by atoms with Gasteiger partial charge in [0.2, 0.25) is 0 Å². The largest absolute Gasteiger partial charge is 0.388 e. The molecular formula is C9H8ClFOS. The minimum atomic E-state index is -0.508. The van der Waals surface area contributed by atoms with E-state index in [9.17, 15) is 9.50 Å². The van der Waals surface area contributed by atoms with Gasteiger partial charge in [-0.2, -0.15) is 11.8 Å². The Morgan fingerprint density at radius 1 is 1.54 bits per heavy atom. The molecule has 1 aliphatic rings. The highest BCUT2D eigenvalue weighted by molar-refractivity contribution is 7.98. The van der Waals surface area contributed by atoms with E-state index in [0.29, 0.717) is 5.75 Å². The molecule has 1 aliphatic heterocycles. The zero-order chi connectivity index (χ0) is 9.42. The molecule has 0 saturated carbocycles. The van der Waals surface area contributed by atoms with E-state index >= 15 is 0 Å². The lowest BCUT2D eigenvalue weighted by Gasteiger charge is -2.21. The third-order valence-electron chi connectivity index (χ3n) is 2.07. The number of rotatable bonds is 0. The summed E-state index contributed by atoms with van der Waals surface area (Å²) in [7, 11) is 0. The Kier molecular flexibility index (Phi) is 2.49. The molecule has 70 valence electrons. The van der Waals surface area contributed by atoms with Gasteiger partial charge in [0.25, 0.3) is 0 Å². The first-order valence-corrected chi connectivity index (χ1v) is 5.45. The zero-order valence-corrected chi connectivity index (χ0v) is 8.33. The number of halogens is 2. The van der Waals surface area contributed by atoms with Crippen LogP contribution in [0.4, 0.5) is 4.39 Å². The SMILES string of the molecule is O[C@@H]1CSCc2cc(F)c(Cl)cc21. The predicted molar refractivity (Wildman–Crippen MR) is 52.5 cm³/mol. The number of thioether (sulfide) groups is 1.